The maximum atomic E-state index is 13.2. The third kappa shape index (κ3) is 10.1. The van der Waals surface area contributed by atoms with Crippen LogP contribution < -0.4 is 25.0 Å². The number of sulfonamides is 1. The summed E-state index contributed by atoms with van der Waals surface area (Å²) >= 11 is 6.34. The molecule has 2 heterocycles. The molecule has 1 aromatic carbocycles. The van der Waals surface area contributed by atoms with Crippen molar-refractivity contribution < 1.29 is 44.6 Å². The maximum absolute atomic E-state index is 13.2. The zero-order valence-corrected chi connectivity index (χ0v) is 25.9. The normalized spacial score (nSPS) is 20.7. The molecular weight excluding hydrogens is 656 g/mol. The minimum Gasteiger partial charge on any atom is -0.482 e. The number of alkyl halides is 6. The smallest absolute Gasteiger partial charge is 0.422 e. The summed E-state index contributed by atoms with van der Waals surface area (Å²) in [6.45, 7) is -2.05. The molecule has 2 aliphatic rings. The van der Waals surface area contributed by atoms with Crippen LogP contribution in [0.3, 0.4) is 0 Å². The second-order valence-electron chi connectivity index (χ2n) is 11.1. The van der Waals surface area contributed by atoms with Crippen molar-refractivity contribution >= 4 is 44.8 Å². The number of nitrogens with zero attached hydrogens (tertiary/aromatic N) is 4. The highest BCUT2D eigenvalue weighted by atomic mass is 35.5. The largest absolute Gasteiger partial charge is 0.482 e. The lowest BCUT2D eigenvalue weighted by atomic mass is 9.91. The van der Waals surface area contributed by atoms with E-state index in [4.69, 9.17) is 16.3 Å². The Hall–Kier alpha value is -2.80. The quantitative estimate of drug-likeness (QED) is 0.269. The highest BCUT2D eigenvalue weighted by Crippen LogP contribution is 2.38. The van der Waals surface area contributed by atoms with Gasteiger partial charge in [-0.25, -0.2) is 18.1 Å². The summed E-state index contributed by atoms with van der Waals surface area (Å²) in [5.41, 5.74) is 0.939. The van der Waals surface area contributed by atoms with Crippen molar-refractivity contribution in [3.05, 3.63) is 28.9 Å². The number of hydrogen-bond donors (Lipinski definition) is 4. The number of ether oxygens (including phenoxy) is 1. The van der Waals surface area contributed by atoms with Gasteiger partial charge in [0.05, 0.1) is 18.1 Å². The molecule has 1 aliphatic carbocycles. The number of anilines is 4. The average Bonchev–Trinajstić information content (AvgIpc) is 3.06. The number of aromatic nitrogens is 2. The zero-order chi connectivity index (χ0) is 33.2. The van der Waals surface area contributed by atoms with Crippen molar-refractivity contribution in [2.45, 2.75) is 62.8 Å². The molecule has 19 heteroatoms. The lowest BCUT2D eigenvalue weighted by molar-refractivity contribution is -0.208. The van der Waals surface area contributed by atoms with Crippen LogP contribution in [-0.2, 0) is 16.6 Å². The SMILES string of the molecule is CN1CCN(C[C@@H](O)C(F)(F)F)Cc2cc(OCC(F)(F)F)c(Nc3ncc(Cl)c(N[C@@H]4CCCC[C@H]4NS(C)(=O)=O)n3)cc21. The summed E-state index contributed by atoms with van der Waals surface area (Å²) in [6.07, 6.45) is -6.89. The minimum absolute atomic E-state index is 0.0520. The molecule has 2 aromatic rings. The molecule has 4 N–H and O–H groups in total. The lowest BCUT2D eigenvalue weighted by Crippen LogP contribution is -2.48. The first-order valence-corrected chi connectivity index (χ1v) is 16.2. The van der Waals surface area contributed by atoms with Gasteiger partial charge in [0.15, 0.2) is 18.5 Å². The topological polar surface area (TPSA) is 132 Å². The standard InChI is InChI=1S/C26H34ClF6N7O4S/c1-39-7-8-40(13-22(41)26(31,32)33)12-15-9-21(44-14-25(28,29)30)19(10-20(15)39)36-24-34-11-16(27)23(37-24)35-17-5-3-4-6-18(17)38-45(2,42)43/h9-11,17-18,22,38,41H,3-8,12-14H2,1-2H3,(H2,34,35,36,37)/t17-,18-,22-/m1/s1. The molecule has 0 amide bonds. The van der Waals surface area contributed by atoms with Crippen LogP contribution >= 0.6 is 11.6 Å². The number of β-amino-alcohol motifs (C(OH)–C–C–N with tert-alkyl or cyclic N) is 1. The van der Waals surface area contributed by atoms with Crippen molar-refractivity contribution in [2.75, 3.05) is 55.1 Å². The average molecular weight is 690 g/mol. The van der Waals surface area contributed by atoms with Gasteiger partial charge in [0.25, 0.3) is 0 Å². The first-order valence-electron chi connectivity index (χ1n) is 14.0. The molecule has 0 bridgehead atoms. The molecule has 1 aliphatic heterocycles. The van der Waals surface area contributed by atoms with Gasteiger partial charge in [-0.15, -0.1) is 0 Å². The first-order chi connectivity index (χ1) is 20.9. The first kappa shape index (κ1) is 35.1. The zero-order valence-electron chi connectivity index (χ0n) is 24.3. The Morgan fingerprint density at radius 3 is 2.47 bits per heavy atom. The summed E-state index contributed by atoms with van der Waals surface area (Å²) in [6, 6.07) is 2.02. The highest BCUT2D eigenvalue weighted by molar-refractivity contribution is 7.88. The van der Waals surface area contributed by atoms with Gasteiger partial charge >= 0.3 is 12.4 Å². The van der Waals surface area contributed by atoms with Gasteiger partial charge in [-0.3, -0.25) is 4.90 Å². The molecule has 4 rings (SSSR count). The van der Waals surface area contributed by atoms with E-state index >= 15 is 0 Å². The Morgan fingerprint density at radius 1 is 1.13 bits per heavy atom. The number of hydrogen-bond acceptors (Lipinski definition) is 10. The summed E-state index contributed by atoms with van der Waals surface area (Å²) in [5.74, 6) is -0.145. The van der Waals surface area contributed by atoms with Gasteiger partial charge in [-0.05, 0) is 30.5 Å². The number of likely N-dealkylation sites (N-methyl/N-ethyl adjacent to an activating group) is 1. The Bertz CT molecular complexity index is 1450. The van der Waals surface area contributed by atoms with E-state index in [1.54, 1.807) is 11.9 Å². The van der Waals surface area contributed by atoms with E-state index in [0.717, 1.165) is 19.1 Å². The second-order valence-corrected chi connectivity index (χ2v) is 13.3. The van der Waals surface area contributed by atoms with Crippen LogP contribution in [0.4, 0.5) is 49.5 Å². The van der Waals surface area contributed by atoms with E-state index in [2.05, 4.69) is 25.3 Å². The van der Waals surface area contributed by atoms with E-state index in [9.17, 15) is 39.9 Å². The van der Waals surface area contributed by atoms with Gasteiger partial charge < -0.3 is 25.4 Å². The molecule has 1 saturated carbocycles. The Balaban J connectivity index is 1.63. The van der Waals surface area contributed by atoms with Crippen LogP contribution in [0, 0.1) is 0 Å². The van der Waals surface area contributed by atoms with Gasteiger partial charge in [0, 0.05) is 51.0 Å². The Kier molecular flexibility index (Phi) is 10.8. The summed E-state index contributed by atoms with van der Waals surface area (Å²) in [7, 11) is -1.82. The molecule has 0 radical (unpaired) electrons. The van der Waals surface area contributed by atoms with Crippen LogP contribution in [0.2, 0.25) is 5.02 Å². The summed E-state index contributed by atoms with van der Waals surface area (Å²) < 4.78 is 110. The Labute approximate surface area is 261 Å². The van der Waals surface area contributed by atoms with Crippen LogP contribution in [-0.4, -0.2) is 98.5 Å². The highest BCUT2D eigenvalue weighted by Gasteiger charge is 2.39. The van der Waals surface area contributed by atoms with E-state index in [0.29, 0.717) is 24.1 Å². The fourth-order valence-corrected chi connectivity index (χ4v) is 6.23. The number of nitrogens with one attached hydrogen (secondary N) is 3. The molecule has 11 nitrogen and oxygen atoms in total. The van der Waals surface area contributed by atoms with Crippen LogP contribution in [0.25, 0.3) is 0 Å². The number of benzene rings is 1. The van der Waals surface area contributed by atoms with E-state index in [-0.39, 0.29) is 53.9 Å². The molecular formula is C26H34ClF6N7O4S. The monoisotopic (exact) mass is 689 g/mol. The summed E-state index contributed by atoms with van der Waals surface area (Å²) in [5, 5.41) is 15.7. The van der Waals surface area contributed by atoms with Crippen molar-refractivity contribution in [3.63, 3.8) is 0 Å². The van der Waals surface area contributed by atoms with Crippen molar-refractivity contribution in [2.24, 2.45) is 0 Å². The minimum atomic E-state index is -4.83. The molecule has 3 atom stereocenters. The molecule has 0 spiro atoms. The van der Waals surface area contributed by atoms with Crippen molar-refractivity contribution in [1.29, 1.82) is 0 Å². The summed E-state index contributed by atoms with van der Waals surface area (Å²) in [4.78, 5) is 11.6. The third-order valence-electron chi connectivity index (χ3n) is 7.38. The van der Waals surface area contributed by atoms with Gasteiger partial charge in [0.1, 0.15) is 10.8 Å². The number of fused-ring (bicyclic) bond motifs is 1. The Morgan fingerprint density at radius 2 is 1.82 bits per heavy atom. The van der Waals surface area contributed by atoms with Crippen molar-refractivity contribution in [1.82, 2.24) is 19.6 Å². The number of halogens is 7. The van der Waals surface area contributed by atoms with Gasteiger partial charge in [-0.2, -0.15) is 31.3 Å². The second kappa shape index (κ2) is 13.9. The van der Waals surface area contributed by atoms with E-state index < -0.39 is 47.7 Å². The molecule has 0 saturated heterocycles. The number of aliphatic hydroxyl groups is 1. The van der Waals surface area contributed by atoms with Crippen LogP contribution in [0.15, 0.2) is 18.3 Å². The van der Waals surface area contributed by atoms with E-state index in [1.165, 1.54) is 23.2 Å². The fraction of sp³-hybridized carbons (Fsp3) is 0.615. The predicted octanol–water partition coefficient (Wildman–Crippen LogP) is 4.26. The maximum Gasteiger partial charge on any atom is 0.422 e. The molecule has 0 unspecified atom stereocenters. The molecule has 45 heavy (non-hydrogen) atoms. The van der Waals surface area contributed by atoms with Crippen molar-refractivity contribution in [3.8, 4) is 5.75 Å². The molecule has 252 valence electrons. The lowest BCUT2D eigenvalue weighted by Gasteiger charge is -2.32. The van der Waals surface area contributed by atoms with Gasteiger partial charge in [-0.1, -0.05) is 24.4 Å². The van der Waals surface area contributed by atoms with Crippen LogP contribution in [0.5, 0.6) is 5.75 Å². The number of aliphatic hydroxyl groups excluding tert-OH is 1. The van der Waals surface area contributed by atoms with E-state index in [1.807, 2.05) is 0 Å². The van der Waals surface area contributed by atoms with Crippen LogP contribution in [0.1, 0.15) is 31.2 Å². The fourth-order valence-electron chi connectivity index (χ4n) is 5.25. The third-order valence-corrected chi connectivity index (χ3v) is 8.39. The molecule has 1 aromatic heterocycles. The predicted molar refractivity (Wildman–Crippen MR) is 157 cm³/mol. The van der Waals surface area contributed by atoms with Gasteiger partial charge in [0.2, 0.25) is 16.0 Å². The number of rotatable bonds is 10. The molecule has 1 fully saturated rings.